The van der Waals surface area contributed by atoms with E-state index in [2.05, 4.69) is 13.8 Å². The Labute approximate surface area is 52.7 Å². The fraction of sp³-hybridized carbons (Fsp3) is 1.00. The van der Waals surface area contributed by atoms with Crippen LogP contribution >= 0.6 is 0 Å². The van der Waals surface area contributed by atoms with Crippen LogP contribution < -0.4 is 0 Å². The molecule has 0 aliphatic carbocycles. The Morgan fingerprint density at radius 2 is 2.38 bits per heavy atom. The van der Waals surface area contributed by atoms with E-state index in [1.807, 2.05) is 0 Å². The zero-order valence-corrected chi connectivity index (χ0v) is 5.98. The second-order valence-electron chi connectivity index (χ2n) is 3.08. The molecule has 1 heterocycles. The maximum atomic E-state index is 2.39. The Morgan fingerprint density at radius 3 is 2.62 bits per heavy atom. The van der Waals surface area contributed by atoms with Crippen LogP contribution in [0.15, 0.2) is 0 Å². The normalized spacial score (nSPS) is 29.2. The molecule has 46 valence electrons. The average molecular weight is 110 g/mol. The summed E-state index contributed by atoms with van der Waals surface area (Å²) in [5, 5.41) is 0. The fourth-order valence-electron chi connectivity index (χ4n) is 1.83. The first-order valence-electron chi connectivity index (χ1n) is 3.84. The lowest BCUT2D eigenvalue weighted by atomic mass is 9.41. The van der Waals surface area contributed by atoms with Gasteiger partial charge in [0.1, 0.15) is 6.71 Å². The van der Waals surface area contributed by atoms with E-state index in [9.17, 15) is 0 Å². The smallest absolute Gasteiger partial charge is 0.0768 e. The van der Waals surface area contributed by atoms with E-state index in [1.165, 1.54) is 25.5 Å². The molecule has 0 aromatic heterocycles. The number of hydrogen-bond donors (Lipinski definition) is 0. The summed E-state index contributed by atoms with van der Waals surface area (Å²) < 4.78 is 0. The molecule has 1 rings (SSSR count). The van der Waals surface area contributed by atoms with Crippen LogP contribution in [-0.2, 0) is 0 Å². The minimum absolute atomic E-state index is 1.03. The standard InChI is InChI=1S/C7H15B/c1-3-8-6-4-5-7(8)2/h7H,3-6H2,1-2H3/t7-/m0/s1. The minimum Gasteiger partial charge on any atom is -0.0768 e. The predicted molar refractivity (Wildman–Crippen MR) is 39.7 cm³/mol. The van der Waals surface area contributed by atoms with Gasteiger partial charge in [0.05, 0.1) is 0 Å². The van der Waals surface area contributed by atoms with Crippen LogP contribution in [-0.4, -0.2) is 6.71 Å². The molecule has 0 saturated carbocycles. The monoisotopic (exact) mass is 110 g/mol. The van der Waals surface area contributed by atoms with E-state index in [-0.39, 0.29) is 0 Å². The van der Waals surface area contributed by atoms with Gasteiger partial charge in [-0.2, -0.15) is 0 Å². The van der Waals surface area contributed by atoms with Crippen molar-refractivity contribution in [3.05, 3.63) is 0 Å². The van der Waals surface area contributed by atoms with Crippen LogP contribution in [0, 0.1) is 0 Å². The van der Waals surface area contributed by atoms with Gasteiger partial charge >= 0.3 is 0 Å². The van der Waals surface area contributed by atoms with Crippen LogP contribution in [0.3, 0.4) is 0 Å². The van der Waals surface area contributed by atoms with Crippen LogP contribution in [0.1, 0.15) is 26.7 Å². The van der Waals surface area contributed by atoms with Crippen molar-refractivity contribution in [3.8, 4) is 0 Å². The summed E-state index contributed by atoms with van der Waals surface area (Å²) in [5.74, 6) is 1.03. The van der Waals surface area contributed by atoms with Gasteiger partial charge in [-0.05, 0) is 0 Å². The van der Waals surface area contributed by atoms with E-state index in [4.69, 9.17) is 0 Å². The minimum atomic E-state index is 1.03. The third kappa shape index (κ3) is 1.07. The molecule has 0 nitrogen and oxygen atoms in total. The number of hydrogen-bond acceptors (Lipinski definition) is 0. The van der Waals surface area contributed by atoms with Crippen LogP contribution in [0.2, 0.25) is 18.5 Å². The van der Waals surface area contributed by atoms with E-state index in [0.29, 0.717) is 0 Å². The lowest BCUT2D eigenvalue weighted by molar-refractivity contribution is 0.818. The van der Waals surface area contributed by atoms with Gasteiger partial charge in [-0.15, -0.1) is 0 Å². The Kier molecular flexibility index (Phi) is 1.98. The molecule has 1 heteroatoms. The zero-order valence-electron chi connectivity index (χ0n) is 5.98. The van der Waals surface area contributed by atoms with E-state index >= 15 is 0 Å². The maximum Gasteiger partial charge on any atom is 0.142 e. The van der Waals surface area contributed by atoms with Gasteiger partial charge in [0.25, 0.3) is 0 Å². The first-order chi connectivity index (χ1) is 3.84. The highest BCUT2D eigenvalue weighted by Crippen LogP contribution is 2.31. The molecule has 8 heavy (non-hydrogen) atoms. The van der Waals surface area contributed by atoms with Crippen LogP contribution in [0.4, 0.5) is 0 Å². The number of rotatable bonds is 1. The maximum absolute atomic E-state index is 2.39. The largest absolute Gasteiger partial charge is 0.142 e. The molecule has 0 aromatic carbocycles. The van der Waals surface area contributed by atoms with Crippen LogP contribution in [0.25, 0.3) is 0 Å². The molecule has 0 N–H and O–H groups in total. The third-order valence-corrected chi connectivity index (χ3v) is 2.56. The molecule has 1 atom stereocenters. The highest BCUT2D eigenvalue weighted by molar-refractivity contribution is 6.61. The summed E-state index contributed by atoms with van der Waals surface area (Å²) in [5.41, 5.74) is 0. The van der Waals surface area contributed by atoms with Crippen molar-refractivity contribution in [1.82, 2.24) is 0 Å². The highest BCUT2D eigenvalue weighted by atomic mass is 14.0. The van der Waals surface area contributed by atoms with Crippen molar-refractivity contribution in [3.63, 3.8) is 0 Å². The van der Waals surface area contributed by atoms with Crippen molar-refractivity contribution in [2.45, 2.75) is 45.1 Å². The lowest BCUT2D eigenvalue weighted by Crippen LogP contribution is -2.08. The molecule has 1 aliphatic rings. The third-order valence-electron chi connectivity index (χ3n) is 2.56. The molecule has 0 bridgehead atoms. The van der Waals surface area contributed by atoms with Crippen molar-refractivity contribution < 1.29 is 0 Å². The summed E-state index contributed by atoms with van der Waals surface area (Å²) in [6.07, 6.45) is 5.87. The molecule has 1 fully saturated rings. The van der Waals surface area contributed by atoms with Gasteiger partial charge < -0.3 is 0 Å². The van der Waals surface area contributed by atoms with E-state index in [0.717, 1.165) is 12.5 Å². The molecule has 1 saturated heterocycles. The summed E-state index contributed by atoms with van der Waals surface area (Å²) in [6.45, 7) is 5.77. The van der Waals surface area contributed by atoms with Gasteiger partial charge in [-0.25, -0.2) is 0 Å². The molecular weight excluding hydrogens is 94.9 g/mol. The van der Waals surface area contributed by atoms with Gasteiger partial charge in [0, 0.05) is 0 Å². The van der Waals surface area contributed by atoms with Crippen LogP contribution in [0.5, 0.6) is 0 Å². The zero-order chi connectivity index (χ0) is 5.98. The summed E-state index contributed by atoms with van der Waals surface area (Å²) in [7, 11) is 0. The average Bonchev–Trinajstić information content (AvgIpc) is 2.14. The van der Waals surface area contributed by atoms with Gasteiger partial charge in [-0.1, -0.05) is 45.1 Å². The second kappa shape index (κ2) is 2.57. The Hall–Kier alpha value is 0.0649. The van der Waals surface area contributed by atoms with Crippen molar-refractivity contribution in [1.29, 1.82) is 0 Å². The molecule has 0 spiro atoms. The van der Waals surface area contributed by atoms with Gasteiger partial charge in [0.15, 0.2) is 0 Å². The lowest BCUT2D eigenvalue weighted by Gasteiger charge is -2.05. The van der Waals surface area contributed by atoms with Gasteiger partial charge in [0.2, 0.25) is 0 Å². The molecule has 0 radical (unpaired) electrons. The van der Waals surface area contributed by atoms with Crippen molar-refractivity contribution in [2.75, 3.05) is 0 Å². The molecule has 0 aromatic rings. The summed E-state index contributed by atoms with van der Waals surface area (Å²) in [6, 6.07) is 0. The second-order valence-corrected chi connectivity index (χ2v) is 3.08. The first-order valence-corrected chi connectivity index (χ1v) is 3.84. The molecule has 1 aliphatic heterocycles. The Morgan fingerprint density at radius 1 is 1.62 bits per heavy atom. The van der Waals surface area contributed by atoms with E-state index < -0.39 is 0 Å². The molecule has 0 unspecified atom stereocenters. The first kappa shape index (κ1) is 6.19. The Bertz CT molecular complexity index is 70.8. The summed E-state index contributed by atoms with van der Waals surface area (Å²) >= 11 is 0. The summed E-state index contributed by atoms with van der Waals surface area (Å²) in [4.78, 5) is 0. The molecular formula is C7H15B. The topological polar surface area (TPSA) is 0 Å². The van der Waals surface area contributed by atoms with Crippen molar-refractivity contribution in [2.24, 2.45) is 0 Å². The highest BCUT2D eigenvalue weighted by Gasteiger charge is 2.24. The quantitative estimate of drug-likeness (QED) is 0.455. The van der Waals surface area contributed by atoms with Gasteiger partial charge in [-0.3, -0.25) is 0 Å². The fourth-order valence-corrected chi connectivity index (χ4v) is 1.83. The predicted octanol–water partition coefficient (Wildman–Crippen LogP) is 2.69. The van der Waals surface area contributed by atoms with E-state index in [1.54, 1.807) is 0 Å². The molecule has 0 amide bonds. The Balaban J connectivity index is 2.30. The SMILES string of the molecule is CCB1CCC[C@@H]1C. The van der Waals surface area contributed by atoms with Crippen molar-refractivity contribution >= 4 is 6.71 Å².